The van der Waals surface area contributed by atoms with Crippen molar-refractivity contribution in [3.63, 3.8) is 0 Å². The maximum absolute atomic E-state index is 6.31. The molecule has 4 rings (SSSR count). The van der Waals surface area contributed by atoms with E-state index in [9.17, 15) is 0 Å². The summed E-state index contributed by atoms with van der Waals surface area (Å²) >= 11 is 6.31. The van der Waals surface area contributed by atoms with Crippen LogP contribution >= 0.6 is 11.6 Å². The second-order valence-corrected chi connectivity index (χ2v) is 7.19. The number of hydrogen-bond acceptors (Lipinski definition) is 1. The summed E-state index contributed by atoms with van der Waals surface area (Å²) in [6.45, 7) is 4.35. The zero-order valence-corrected chi connectivity index (χ0v) is 14.4. The highest BCUT2D eigenvalue weighted by molar-refractivity contribution is 6.30. The fourth-order valence-corrected chi connectivity index (χ4v) is 4.41. The van der Waals surface area contributed by atoms with Gasteiger partial charge in [-0.15, -0.1) is 0 Å². The van der Waals surface area contributed by atoms with E-state index < -0.39 is 0 Å². The lowest BCUT2D eigenvalue weighted by Gasteiger charge is -2.38. The Bertz CT molecular complexity index is 760. The van der Waals surface area contributed by atoms with E-state index in [0.29, 0.717) is 17.9 Å². The minimum Gasteiger partial charge on any atom is -0.377 e. The standard InChI is InChI=1S/C21H22ClN/c1-3-14-7-9-15(10-8-14)21-18-6-4-5-17(18)19-12-16(22)11-13(2)20(19)23-21/h4-5,7-12,17-18,21,23H,3,6H2,1-2H3/t17-,18-,21-/m0/s1. The molecule has 1 aliphatic carbocycles. The van der Waals surface area contributed by atoms with Crippen LogP contribution in [0, 0.1) is 12.8 Å². The molecule has 23 heavy (non-hydrogen) atoms. The molecule has 1 heterocycles. The van der Waals surface area contributed by atoms with Gasteiger partial charge in [-0.25, -0.2) is 0 Å². The Balaban J connectivity index is 1.78. The first-order chi connectivity index (χ1) is 11.2. The molecule has 1 N–H and O–H groups in total. The summed E-state index contributed by atoms with van der Waals surface area (Å²) < 4.78 is 0. The van der Waals surface area contributed by atoms with Crippen LogP contribution in [-0.4, -0.2) is 0 Å². The van der Waals surface area contributed by atoms with Crippen molar-refractivity contribution in [3.05, 3.63) is 75.8 Å². The minimum atomic E-state index is 0.369. The lowest BCUT2D eigenvalue weighted by atomic mass is 9.76. The van der Waals surface area contributed by atoms with Gasteiger partial charge >= 0.3 is 0 Å². The quantitative estimate of drug-likeness (QED) is 0.664. The normalized spacial score (nSPS) is 24.9. The first kappa shape index (κ1) is 14.8. The van der Waals surface area contributed by atoms with Crippen molar-refractivity contribution in [2.45, 2.75) is 38.6 Å². The van der Waals surface area contributed by atoms with E-state index in [1.54, 1.807) is 0 Å². The third-order valence-corrected chi connectivity index (χ3v) is 5.60. The lowest BCUT2D eigenvalue weighted by Crippen LogP contribution is -2.29. The second kappa shape index (κ2) is 5.72. The number of benzene rings is 2. The van der Waals surface area contributed by atoms with Crippen molar-refractivity contribution in [1.82, 2.24) is 0 Å². The Morgan fingerprint density at radius 3 is 2.70 bits per heavy atom. The fourth-order valence-electron chi connectivity index (χ4n) is 4.13. The third-order valence-electron chi connectivity index (χ3n) is 5.38. The predicted molar refractivity (Wildman–Crippen MR) is 98.4 cm³/mol. The maximum Gasteiger partial charge on any atom is 0.0554 e. The van der Waals surface area contributed by atoms with E-state index in [-0.39, 0.29) is 0 Å². The first-order valence-corrected chi connectivity index (χ1v) is 8.87. The Morgan fingerprint density at radius 2 is 1.96 bits per heavy atom. The summed E-state index contributed by atoms with van der Waals surface area (Å²) in [5, 5.41) is 4.66. The molecular formula is C21H22ClN. The number of hydrogen-bond donors (Lipinski definition) is 1. The van der Waals surface area contributed by atoms with E-state index in [1.807, 2.05) is 0 Å². The number of nitrogens with one attached hydrogen (secondary N) is 1. The number of halogens is 1. The van der Waals surface area contributed by atoms with Crippen LogP contribution in [0.1, 0.15) is 47.6 Å². The molecule has 0 spiro atoms. The highest BCUT2D eigenvalue weighted by Crippen LogP contribution is 2.51. The molecular weight excluding hydrogens is 302 g/mol. The van der Waals surface area contributed by atoms with Gasteiger partial charge in [-0.2, -0.15) is 0 Å². The molecule has 1 aliphatic heterocycles. The summed E-state index contributed by atoms with van der Waals surface area (Å²) in [4.78, 5) is 0. The summed E-state index contributed by atoms with van der Waals surface area (Å²) in [7, 11) is 0. The molecule has 2 aromatic carbocycles. The van der Waals surface area contributed by atoms with Gasteiger partial charge in [-0.05, 0) is 60.1 Å². The topological polar surface area (TPSA) is 12.0 Å². The molecule has 0 radical (unpaired) electrons. The van der Waals surface area contributed by atoms with Gasteiger partial charge < -0.3 is 5.32 Å². The highest BCUT2D eigenvalue weighted by atomic mass is 35.5. The van der Waals surface area contributed by atoms with E-state index in [0.717, 1.165) is 17.9 Å². The first-order valence-electron chi connectivity index (χ1n) is 8.49. The lowest BCUT2D eigenvalue weighted by molar-refractivity contribution is 0.425. The average Bonchev–Trinajstić information content (AvgIpc) is 3.04. The van der Waals surface area contributed by atoms with E-state index >= 15 is 0 Å². The fraction of sp³-hybridized carbons (Fsp3) is 0.333. The van der Waals surface area contributed by atoms with Crippen LogP contribution in [-0.2, 0) is 6.42 Å². The van der Waals surface area contributed by atoms with E-state index in [2.05, 4.69) is 67.7 Å². The van der Waals surface area contributed by atoms with Crippen molar-refractivity contribution in [2.75, 3.05) is 5.32 Å². The molecule has 3 atom stereocenters. The van der Waals surface area contributed by atoms with Crippen LogP contribution in [0.25, 0.3) is 0 Å². The van der Waals surface area contributed by atoms with Gasteiger partial charge in [0.2, 0.25) is 0 Å². The van der Waals surface area contributed by atoms with Gasteiger partial charge in [0.15, 0.2) is 0 Å². The summed E-state index contributed by atoms with van der Waals surface area (Å²) in [6, 6.07) is 13.7. The number of anilines is 1. The van der Waals surface area contributed by atoms with E-state index in [4.69, 9.17) is 11.6 Å². The smallest absolute Gasteiger partial charge is 0.0554 e. The summed E-state index contributed by atoms with van der Waals surface area (Å²) in [5.41, 5.74) is 6.65. The van der Waals surface area contributed by atoms with Gasteiger partial charge in [-0.3, -0.25) is 0 Å². The summed E-state index contributed by atoms with van der Waals surface area (Å²) in [5.74, 6) is 1.05. The number of rotatable bonds is 2. The van der Waals surface area contributed by atoms with Gasteiger partial charge in [0, 0.05) is 16.6 Å². The van der Waals surface area contributed by atoms with Gasteiger partial charge in [-0.1, -0.05) is 54.9 Å². The zero-order chi connectivity index (χ0) is 16.0. The SMILES string of the molecule is CCc1ccc([C@@H]2Nc3c(C)cc(Cl)cc3[C@H]3C=CC[C@@H]32)cc1. The maximum atomic E-state index is 6.31. The van der Waals surface area contributed by atoms with Gasteiger partial charge in [0.1, 0.15) is 0 Å². The van der Waals surface area contributed by atoms with Gasteiger partial charge in [0.25, 0.3) is 0 Å². The van der Waals surface area contributed by atoms with Crippen LogP contribution in [0.2, 0.25) is 5.02 Å². The Hall–Kier alpha value is -1.73. The largest absolute Gasteiger partial charge is 0.377 e. The Labute approximate surface area is 143 Å². The molecule has 1 nitrogen and oxygen atoms in total. The van der Waals surface area contributed by atoms with Gasteiger partial charge in [0.05, 0.1) is 6.04 Å². The van der Waals surface area contributed by atoms with Crippen molar-refractivity contribution in [2.24, 2.45) is 5.92 Å². The molecule has 0 saturated heterocycles. The second-order valence-electron chi connectivity index (χ2n) is 6.76. The van der Waals surface area contributed by atoms with Crippen LogP contribution in [0.5, 0.6) is 0 Å². The molecule has 0 saturated carbocycles. The number of allylic oxidation sites excluding steroid dienone is 2. The Morgan fingerprint density at radius 1 is 1.17 bits per heavy atom. The van der Waals surface area contributed by atoms with Crippen LogP contribution in [0.3, 0.4) is 0 Å². The molecule has 2 aliphatic rings. The predicted octanol–water partition coefficient (Wildman–Crippen LogP) is 6.04. The van der Waals surface area contributed by atoms with E-state index in [1.165, 1.54) is 27.9 Å². The molecule has 2 heteroatoms. The van der Waals surface area contributed by atoms with Crippen LogP contribution in [0.15, 0.2) is 48.6 Å². The van der Waals surface area contributed by atoms with Crippen LogP contribution < -0.4 is 5.32 Å². The molecule has 0 amide bonds. The Kier molecular flexibility index (Phi) is 3.69. The van der Waals surface area contributed by atoms with Crippen molar-refractivity contribution < 1.29 is 0 Å². The highest BCUT2D eigenvalue weighted by Gasteiger charge is 2.38. The molecule has 0 fully saturated rings. The van der Waals surface area contributed by atoms with Crippen molar-refractivity contribution >= 4 is 17.3 Å². The van der Waals surface area contributed by atoms with Crippen molar-refractivity contribution in [3.8, 4) is 0 Å². The molecule has 2 aromatic rings. The third kappa shape index (κ3) is 2.48. The molecule has 0 aromatic heterocycles. The number of aryl methyl sites for hydroxylation is 2. The monoisotopic (exact) mass is 323 g/mol. The molecule has 118 valence electrons. The average molecular weight is 324 g/mol. The molecule has 0 unspecified atom stereocenters. The van der Waals surface area contributed by atoms with Crippen molar-refractivity contribution in [1.29, 1.82) is 0 Å². The zero-order valence-electron chi connectivity index (χ0n) is 13.6. The summed E-state index contributed by atoms with van der Waals surface area (Å²) in [6.07, 6.45) is 6.92. The molecule has 0 bridgehead atoms. The minimum absolute atomic E-state index is 0.369. The van der Waals surface area contributed by atoms with Crippen LogP contribution in [0.4, 0.5) is 5.69 Å². The number of fused-ring (bicyclic) bond motifs is 3.